The molecular formula is C11H19NO. The third-order valence-corrected chi connectivity index (χ3v) is 3.87. The number of hydrogen-bond acceptors (Lipinski definition) is 2. The number of nitrogens with zero attached hydrogens (tertiary/aromatic N) is 1. The molecule has 0 aromatic rings. The number of Topliss-reactive ketones (excluding diaryl/α,β-unsaturated/α-hetero) is 1. The molecular weight excluding hydrogens is 162 g/mol. The van der Waals surface area contributed by atoms with Gasteiger partial charge in [0.05, 0.1) is 6.04 Å². The molecule has 2 rings (SSSR count). The zero-order valence-electron chi connectivity index (χ0n) is 8.79. The second-order valence-corrected chi connectivity index (χ2v) is 4.93. The number of likely N-dealkylation sites (N-methyl/N-ethyl adjacent to an activating group) is 1. The summed E-state index contributed by atoms with van der Waals surface area (Å²) in [6, 6.07) is 0.231. The molecule has 1 unspecified atom stereocenters. The van der Waals surface area contributed by atoms with Crippen LogP contribution in [0.5, 0.6) is 0 Å². The van der Waals surface area contributed by atoms with Gasteiger partial charge in [-0.15, -0.1) is 0 Å². The standard InChI is InChI=1S/C11H19NO/c1-7-4-5-9-8(2)6-12(3)10(7)11(9)13/h7-10H,4-6H2,1-3H3/t7-,8?,9-,10-/m0/s1. The van der Waals surface area contributed by atoms with Crippen LogP contribution < -0.4 is 0 Å². The second-order valence-electron chi connectivity index (χ2n) is 4.93. The van der Waals surface area contributed by atoms with E-state index in [2.05, 4.69) is 25.8 Å². The van der Waals surface area contributed by atoms with E-state index in [9.17, 15) is 4.79 Å². The van der Waals surface area contributed by atoms with E-state index in [1.165, 1.54) is 6.42 Å². The quantitative estimate of drug-likeness (QED) is 0.565. The van der Waals surface area contributed by atoms with Gasteiger partial charge in [-0.1, -0.05) is 13.8 Å². The van der Waals surface area contributed by atoms with Crippen molar-refractivity contribution < 1.29 is 4.79 Å². The first-order valence-electron chi connectivity index (χ1n) is 5.35. The first kappa shape index (κ1) is 9.20. The van der Waals surface area contributed by atoms with E-state index in [1.807, 2.05) is 0 Å². The van der Waals surface area contributed by atoms with Crippen molar-refractivity contribution >= 4 is 5.78 Å². The normalized spacial score (nSPS) is 46.5. The Labute approximate surface area is 80.3 Å². The van der Waals surface area contributed by atoms with Crippen LogP contribution in [-0.4, -0.2) is 30.3 Å². The van der Waals surface area contributed by atoms with Crippen LogP contribution in [0, 0.1) is 17.8 Å². The molecule has 2 nitrogen and oxygen atoms in total. The fourth-order valence-corrected chi connectivity index (χ4v) is 3.15. The number of carbonyl (C=O) groups excluding carboxylic acids is 1. The largest absolute Gasteiger partial charge is 0.298 e. The first-order chi connectivity index (χ1) is 6.11. The third-order valence-electron chi connectivity index (χ3n) is 3.87. The van der Waals surface area contributed by atoms with Crippen LogP contribution in [0.2, 0.25) is 0 Å². The number of piperidine rings is 1. The van der Waals surface area contributed by atoms with Crippen LogP contribution in [0.3, 0.4) is 0 Å². The molecule has 74 valence electrons. The summed E-state index contributed by atoms with van der Waals surface area (Å²) < 4.78 is 0. The first-order valence-corrected chi connectivity index (χ1v) is 5.35. The van der Waals surface area contributed by atoms with E-state index in [0.717, 1.165) is 13.0 Å². The Morgan fingerprint density at radius 1 is 1.23 bits per heavy atom. The number of carbonyl (C=O) groups is 1. The van der Waals surface area contributed by atoms with Crippen molar-refractivity contribution in [3.63, 3.8) is 0 Å². The van der Waals surface area contributed by atoms with Crippen molar-refractivity contribution in [3.8, 4) is 0 Å². The molecule has 0 amide bonds. The second kappa shape index (κ2) is 3.09. The summed E-state index contributed by atoms with van der Waals surface area (Å²) in [5.41, 5.74) is 0. The summed E-state index contributed by atoms with van der Waals surface area (Å²) in [6.07, 6.45) is 2.36. The van der Waals surface area contributed by atoms with E-state index in [1.54, 1.807) is 0 Å². The van der Waals surface area contributed by atoms with Crippen molar-refractivity contribution in [1.29, 1.82) is 0 Å². The van der Waals surface area contributed by atoms with E-state index < -0.39 is 0 Å². The minimum atomic E-state index is 0.231. The average molecular weight is 181 g/mol. The Balaban J connectivity index is 2.24. The monoisotopic (exact) mass is 181 g/mol. The van der Waals surface area contributed by atoms with Crippen LogP contribution in [0.1, 0.15) is 26.7 Å². The van der Waals surface area contributed by atoms with Crippen LogP contribution in [-0.2, 0) is 4.79 Å². The number of fused-ring (bicyclic) bond motifs is 2. The highest BCUT2D eigenvalue weighted by Gasteiger charge is 2.44. The van der Waals surface area contributed by atoms with Crippen LogP contribution >= 0.6 is 0 Å². The maximum Gasteiger partial charge on any atom is 0.153 e. The Morgan fingerprint density at radius 2 is 1.92 bits per heavy atom. The number of likely N-dealkylation sites (tertiary alicyclic amines) is 1. The van der Waals surface area contributed by atoms with Crippen molar-refractivity contribution in [3.05, 3.63) is 0 Å². The lowest BCUT2D eigenvalue weighted by molar-refractivity contribution is -0.140. The molecule has 0 radical (unpaired) electrons. The van der Waals surface area contributed by atoms with Gasteiger partial charge in [0.2, 0.25) is 0 Å². The summed E-state index contributed by atoms with van der Waals surface area (Å²) in [5, 5.41) is 0. The molecule has 1 saturated heterocycles. The fraction of sp³-hybridized carbons (Fsp3) is 0.909. The van der Waals surface area contributed by atoms with Gasteiger partial charge >= 0.3 is 0 Å². The molecule has 0 N–H and O–H groups in total. The van der Waals surface area contributed by atoms with E-state index in [0.29, 0.717) is 23.5 Å². The minimum Gasteiger partial charge on any atom is -0.298 e. The highest BCUT2D eigenvalue weighted by atomic mass is 16.1. The number of rotatable bonds is 0. The summed E-state index contributed by atoms with van der Waals surface area (Å²) in [4.78, 5) is 14.3. The molecule has 2 bridgehead atoms. The molecule has 0 aromatic carbocycles. The molecule has 0 spiro atoms. The van der Waals surface area contributed by atoms with Gasteiger partial charge in [-0.25, -0.2) is 0 Å². The Hall–Kier alpha value is -0.370. The maximum atomic E-state index is 12.0. The third kappa shape index (κ3) is 1.32. The number of hydrogen-bond donors (Lipinski definition) is 0. The van der Waals surface area contributed by atoms with Gasteiger partial charge in [0.25, 0.3) is 0 Å². The Kier molecular flexibility index (Phi) is 2.18. The molecule has 0 aromatic heterocycles. The van der Waals surface area contributed by atoms with Crippen molar-refractivity contribution in [2.75, 3.05) is 13.6 Å². The van der Waals surface area contributed by atoms with Crippen LogP contribution in [0.25, 0.3) is 0 Å². The fourth-order valence-electron chi connectivity index (χ4n) is 3.15. The van der Waals surface area contributed by atoms with Crippen molar-refractivity contribution in [2.45, 2.75) is 32.7 Å². The Morgan fingerprint density at radius 3 is 2.62 bits per heavy atom. The molecule has 1 saturated carbocycles. The molecule has 4 atom stereocenters. The zero-order chi connectivity index (χ0) is 9.59. The number of ketones is 1. The summed E-state index contributed by atoms with van der Waals surface area (Å²) >= 11 is 0. The smallest absolute Gasteiger partial charge is 0.153 e. The van der Waals surface area contributed by atoms with Crippen LogP contribution in [0.4, 0.5) is 0 Å². The molecule has 2 aliphatic rings. The molecule has 13 heavy (non-hydrogen) atoms. The predicted octanol–water partition coefficient (Wildman–Crippen LogP) is 1.55. The van der Waals surface area contributed by atoms with Gasteiger partial charge in [-0.3, -0.25) is 9.69 Å². The lowest BCUT2D eigenvalue weighted by Crippen LogP contribution is -2.56. The van der Waals surface area contributed by atoms with Gasteiger partial charge in [0, 0.05) is 12.5 Å². The van der Waals surface area contributed by atoms with E-state index in [-0.39, 0.29) is 6.04 Å². The van der Waals surface area contributed by atoms with Gasteiger partial charge < -0.3 is 0 Å². The molecule has 2 fully saturated rings. The lowest BCUT2D eigenvalue weighted by Gasteiger charge is -2.46. The lowest BCUT2D eigenvalue weighted by atomic mass is 9.69. The highest BCUT2D eigenvalue weighted by Crippen LogP contribution is 2.37. The average Bonchev–Trinajstić information content (AvgIpc) is 2.01. The Bertz CT molecular complexity index is 226. The van der Waals surface area contributed by atoms with E-state index >= 15 is 0 Å². The van der Waals surface area contributed by atoms with Crippen molar-refractivity contribution in [2.24, 2.45) is 17.8 Å². The van der Waals surface area contributed by atoms with Crippen molar-refractivity contribution in [1.82, 2.24) is 4.90 Å². The minimum absolute atomic E-state index is 0.231. The molecule has 1 aliphatic heterocycles. The SMILES string of the molecule is CC1CN(C)[C@@H]2C(=O)[C@H]1CC[C@@H]2C. The molecule has 1 heterocycles. The highest BCUT2D eigenvalue weighted by molar-refractivity contribution is 5.88. The van der Waals surface area contributed by atoms with Gasteiger partial charge in [0.1, 0.15) is 0 Å². The summed E-state index contributed by atoms with van der Waals surface area (Å²) in [7, 11) is 2.09. The van der Waals surface area contributed by atoms with E-state index in [4.69, 9.17) is 0 Å². The predicted molar refractivity (Wildman–Crippen MR) is 52.5 cm³/mol. The van der Waals surface area contributed by atoms with Gasteiger partial charge in [-0.05, 0) is 31.7 Å². The maximum absolute atomic E-state index is 12.0. The zero-order valence-corrected chi connectivity index (χ0v) is 8.79. The molecule has 1 aliphatic carbocycles. The van der Waals surface area contributed by atoms with Gasteiger partial charge in [0.15, 0.2) is 5.78 Å². The topological polar surface area (TPSA) is 20.3 Å². The van der Waals surface area contributed by atoms with Crippen LogP contribution in [0.15, 0.2) is 0 Å². The van der Waals surface area contributed by atoms with Gasteiger partial charge in [-0.2, -0.15) is 0 Å². The summed E-state index contributed by atoms with van der Waals surface area (Å²) in [5.74, 6) is 2.03. The summed E-state index contributed by atoms with van der Waals surface area (Å²) in [6.45, 7) is 5.53. The molecule has 2 heteroatoms.